The quantitative estimate of drug-likeness (QED) is 0.572. The fourth-order valence-corrected chi connectivity index (χ4v) is 3.23. The topological polar surface area (TPSA) is 89.5 Å². The predicted molar refractivity (Wildman–Crippen MR) is 101 cm³/mol. The molecule has 0 radical (unpaired) electrons. The number of hydrogen-bond donors (Lipinski definition) is 1. The highest BCUT2D eigenvalue weighted by atomic mass is 35.5. The van der Waals surface area contributed by atoms with Crippen molar-refractivity contribution >= 4 is 50.7 Å². The van der Waals surface area contributed by atoms with E-state index in [4.69, 9.17) is 27.9 Å². The van der Waals surface area contributed by atoms with E-state index >= 15 is 0 Å². The molecule has 0 aliphatic heterocycles. The third-order valence-corrected chi connectivity index (χ3v) is 4.53. The molecule has 0 aliphatic carbocycles. The molecule has 1 N–H and O–H groups in total. The number of Topliss-reactive ketones (excluding diaryl/α,β-unsaturated/α-hetero) is 1. The lowest BCUT2D eigenvalue weighted by Crippen LogP contribution is -2.24. The minimum atomic E-state index is -3.41. The minimum absolute atomic E-state index is 0.0109. The van der Waals surface area contributed by atoms with Crippen molar-refractivity contribution in [3.8, 4) is 0 Å². The summed E-state index contributed by atoms with van der Waals surface area (Å²) in [6.07, 6.45) is -0.0588. The van der Waals surface area contributed by atoms with Gasteiger partial charge in [0.2, 0.25) is 15.8 Å². The highest BCUT2D eigenvalue weighted by Gasteiger charge is 2.23. The average Bonchev–Trinajstić information content (AvgIpc) is 2.53. The zero-order chi connectivity index (χ0) is 19.5. The van der Waals surface area contributed by atoms with E-state index < -0.39 is 27.9 Å². The van der Waals surface area contributed by atoms with Crippen LogP contribution in [0.4, 0.5) is 5.69 Å². The van der Waals surface area contributed by atoms with Crippen molar-refractivity contribution in [3.63, 3.8) is 0 Å². The Morgan fingerprint density at radius 1 is 1.04 bits per heavy atom. The zero-order valence-electron chi connectivity index (χ0n) is 13.8. The third-order valence-electron chi connectivity index (χ3n) is 3.29. The number of sulfonamides is 1. The minimum Gasteiger partial charge on any atom is -0.451 e. The maximum absolute atomic E-state index is 12.4. The fourth-order valence-electron chi connectivity index (χ4n) is 2.12. The van der Waals surface area contributed by atoms with Crippen molar-refractivity contribution < 1.29 is 22.7 Å². The van der Waals surface area contributed by atoms with Crippen LogP contribution in [0.5, 0.6) is 0 Å². The van der Waals surface area contributed by atoms with Crippen molar-refractivity contribution in [3.05, 3.63) is 63.6 Å². The van der Waals surface area contributed by atoms with Crippen LogP contribution in [0.25, 0.3) is 0 Å². The number of carbonyl (C=O) groups is 2. The Hall–Kier alpha value is -2.09. The van der Waals surface area contributed by atoms with E-state index in [1.54, 1.807) is 6.07 Å². The monoisotopic (exact) mass is 415 g/mol. The first-order chi connectivity index (χ1) is 12.1. The number of ether oxygens (including phenoxy) is 1. The molecule has 0 bridgehead atoms. The highest BCUT2D eigenvalue weighted by molar-refractivity contribution is 7.92. The molecule has 2 aromatic rings. The molecule has 0 heterocycles. The van der Waals surface area contributed by atoms with Gasteiger partial charge in [-0.05, 0) is 43.3 Å². The van der Waals surface area contributed by atoms with Crippen molar-refractivity contribution in [2.45, 2.75) is 13.0 Å². The van der Waals surface area contributed by atoms with Crippen LogP contribution in [-0.2, 0) is 14.8 Å². The fraction of sp³-hybridized carbons (Fsp3) is 0.176. The molecule has 2 rings (SSSR count). The van der Waals surface area contributed by atoms with Gasteiger partial charge < -0.3 is 4.74 Å². The lowest BCUT2D eigenvalue weighted by atomic mass is 10.1. The standard InChI is InChI=1S/C17H15Cl2NO5S/c1-10(25-17(22)15-13(18)4-3-5-14(15)19)16(21)11-6-8-12(9-7-11)20-26(2,23)24/h3-10,20H,1-2H3. The van der Waals surface area contributed by atoms with E-state index in [-0.39, 0.29) is 21.2 Å². The van der Waals surface area contributed by atoms with Crippen LogP contribution < -0.4 is 4.72 Å². The maximum atomic E-state index is 12.4. The number of rotatable bonds is 6. The number of nitrogens with one attached hydrogen (secondary N) is 1. The summed E-state index contributed by atoms with van der Waals surface area (Å²) >= 11 is 11.9. The SMILES string of the molecule is CC(OC(=O)c1c(Cl)cccc1Cl)C(=O)c1ccc(NS(C)(=O)=O)cc1. The van der Waals surface area contributed by atoms with E-state index in [0.717, 1.165) is 6.26 Å². The lowest BCUT2D eigenvalue weighted by Gasteiger charge is -2.14. The Bertz CT molecular complexity index is 922. The van der Waals surface area contributed by atoms with Crippen molar-refractivity contribution in [1.29, 1.82) is 0 Å². The van der Waals surface area contributed by atoms with E-state index in [1.807, 2.05) is 0 Å². The van der Waals surface area contributed by atoms with Crippen LogP contribution in [0, 0.1) is 0 Å². The molecule has 0 aromatic heterocycles. The van der Waals surface area contributed by atoms with Gasteiger partial charge in [0.25, 0.3) is 0 Å². The summed E-state index contributed by atoms with van der Waals surface area (Å²) in [5, 5.41) is 0.247. The van der Waals surface area contributed by atoms with Gasteiger partial charge in [-0.2, -0.15) is 0 Å². The van der Waals surface area contributed by atoms with Crippen molar-refractivity contribution in [2.24, 2.45) is 0 Å². The average molecular weight is 416 g/mol. The summed E-state index contributed by atoms with van der Waals surface area (Å²) in [6, 6.07) is 10.3. The molecule has 1 atom stereocenters. The third kappa shape index (κ3) is 5.20. The number of ketones is 1. The molecule has 2 aromatic carbocycles. The van der Waals surface area contributed by atoms with Crippen LogP contribution in [0.15, 0.2) is 42.5 Å². The molecule has 0 saturated carbocycles. The van der Waals surface area contributed by atoms with E-state index in [1.165, 1.54) is 43.3 Å². The van der Waals surface area contributed by atoms with Crippen LogP contribution in [-0.4, -0.2) is 32.5 Å². The normalized spacial score (nSPS) is 12.3. The molecule has 0 amide bonds. The maximum Gasteiger partial charge on any atom is 0.341 e. The summed E-state index contributed by atoms with van der Waals surface area (Å²) in [5.41, 5.74) is 0.564. The van der Waals surface area contributed by atoms with Gasteiger partial charge in [0.05, 0.1) is 21.9 Å². The van der Waals surface area contributed by atoms with Gasteiger partial charge in [0, 0.05) is 11.3 Å². The first-order valence-electron chi connectivity index (χ1n) is 7.35. The summed E-state index contributed by atoms with van der Waals surface area (Å²) in [4.78, 5) is 24.6. The van der Waals surface area contributed by atoms with Gasteiger partial charge in [-0.15, -0.1) is 0 Å². The van der Waals surface area contributed by atoms with Crippen LogP contribution in [0.2, 0.25) is 10.0 Å². The molecule has 0 fully saturated rings. The molecular formula is C17H15Cl2NO5S. The summed E-state index contributed by atoms with van der Waals surface area (Å²) in [7, 11) is -3.41. The molecule has 26 heavy (non-hydrogen) atoms. The lowest BCUT2D eigenvalue weighted by molar-refractivity contribution is 0.0319. The van der Waals surface area contributed by atoms with E-state index in [0.29, 0.717) is 5.69 Å². The Balaban J connectivity index is 2.11. The first-order valence-corrected chi connectivity index (χ1v) is 10.0. The number of halogens is 2. The molecule has 0 spiro atoms. The molecule has 0 aliphatic rings. The van der Waals surface area contributed by atoms with Crippen molar-refractivity contribution in [1.82, 2.24) is 0 Å². The van der Waals surface area contributed by atoms with Gasteiger partial charge in [-0.25, -0.2) is 13.2 Å². The first kappa shape index (κ1) is 20.2. The van der Waals surface area contributed by atoms with Gasteiger partial charge in [0.1, 0.15) is 0 Å². The Labute approximate surface area is 161 Å². The van der Waals surface area contributed by atoms with Gasteiger partial charge >= 0.3 is 5.97 Å². The summed E-state index contributed by atoms with van der Waals surface area (Å²) in [5.74, 6) is -1.26. The molecular weight excluding hydrogens is 401 g/mol. The smallest absolute Gasteiger partial charge is 0.341 e. The van der Waals surface area contributed by atoms with E-state index in [9.17, 15) is 18.0 Å². The second-order valence-electron chi connectivity index (χ2n) is 5.46. The zero-order valence-corrected chi connectivity index (χ0v) is 16.2. The van der Waals surface area contributed by atoms with E-state index in [2.05, 4.69) is 4.72 Å². The molecule has 9 heteroatoms. The number of anilines is 1. The highest BCUT2D eigenvalue weighted by Crippen LogP contribution is 2.25. The number of benzene rings is 2. The summed E-state index contributed by atoms with van der Waals surface area (Å²) < 4.78 is 29.8. The summed E-state index contributed by atoms with van der Waals surface area (Å²) in [6.45, 7) is 1.42. The van der Waals surface area contributed by atoms with Crippen LogP contribution >= 0.6 is 23.2 Å². The molecule has 6 nitrogen and oxygen atoms in total. The number of esters is 1. The molecule has 1 unspecified atom stereocenters. The van der Waals surface area contributed by atoms with Crippen LogP contribution in [0.1, 0.15) is 27.6 Å². The second kappa shape index (κ2) is 8.07. The Kier molecular flexibility index (Phi) is 6.28. The number of carbonyl (C=O) groups excluding carboxylic acids is 2. The Morgan fingerprint density at radius 2 is 1.58 bits per heavy atom. The predicted octanol–water partition coefficient (Wildman–Crippen LogP) is 3.79. The van der Waals surface area contributed by atoms with Gasteiger partial charge in [-0.1, -0.05) is 29.3 Å². The van der Waals surface area contributed by atoms with Crippen molar-refractivity contribution in [2.75, 3.05) is 11.0 Å². The largest absolute Gasteiger partial charge is 0.451 e. The second-order valence-corrected chi connectivity index (χ2v) is 8.02. The van der Waals surface area contributed by atoms with Gasteiger partial charge in [-0.3, -0.25) is 9.52 Å². The number of hydrogen-bond acceptors (Lipinski definition) is 5. The molecule has 0 saturated heterocycles. The van der Waals surface area contributed by atoms with Gasteiger partial charge in [0.15, 0.2) is 6.10 Å². The molecule has 138 valence electrons. The Morgan fingerprint density at radius 3 is 2.08 bits per heavy atom. The van der Waals surface area contributed by atoms with Crippen LogP contribution in [0.3, 0.4) is 0 Å².